The lowest BCUT2D eigenvalue weighted by Crippen LogP contribution is -2.47. The van der Waals surface area contributed by atoms with Gasteiger partial charge in [-0.15, -0.1) is 0 Å². The maximum atomic E-state index is 12.7. The Labute approximate surface area is 123 Å². The van der Waals surface area contributed by atoms with Crippen molar-refractivity contribution in [3.63, 3.8) is 0 Å². The number of nitrogens with one attached hydrogen (secondary N) is 1. The highest BCUT2D eigenvalue weighted by Gasteiger charge is 2.31. The second-order valence-corrected chi connectivity index (χ2v) is 7.19. The monoisotopic (exact) mass is 307 g/mol. The third-order valence-corrected chi connectivity index (χ3v) is 5.27. The predicted molar refractivity (Wildman–Crippen MR) is 80.3 cm³/mol. The molecule has 7 heteroatoms. The fourth-order valence-electron chi connectivity index (χ4n) is 2.83. The molecular formula is C14H17N3O3S. The van der Waals surface area contributed by atoms with Crippen LogP contribution in [0.5, 0.6) is 0 Å². The molecule has 112 valence electrons. The summed E-state index contributed by atoms with van der Waals surface area (Å²) < 4.78 is 23.0. The standard InChI is InChI=1S/C14H17N3O3S/c15-21(19,20)10-3-2-8-17(9-10)14(18)12-4-1-5-13-11(12)6-7-16-13/h1,4-7,10,16H,2-3,8-9H2,(H2,15,19,20). The molecule has 1 saturated heterocycles. The molecule has 3 rings (SSSR count). The van der Waals surface area contributed by atoms with Crippen LogP contribution < -0.4 is 5.14 Å². The summed E-state index contributed by atoms with van der Waals surface area (Å²) in [6.07, 6.45) is 2.94. The first kappa shape index (κ1) is 14.1. The highest BCUT2D eigenvalue weighted by molar-refractivity contribution is 7.89. The highest BCUT2D eigenvalue weighted by atomic mass is 32.2. The molecule has 1 aliphatic heterocycles. The highest BCUT2D eigenvalue weighted by Crippen LogP contribution is 2.22. The van der Waals surface area contributed by atoms with Gasteiger partial charge in [0, 0.05) is 35.8 Å². The summed E-state index contributed by atoms with van der Waals surface area (Å²) in [5, 5.41) is 5.40. The molecule has 3 N–H and O–H groups in total. The zero-order valence-corrected chi connectivity index (χ0v) is 12.3. The molecule has 21 heavy (non-hydrogen) atoms. The number of aromatic nitrogens is 1. The molecule has 6 nitrogen and oxygen atoms in total. The minimum absolute atomic E-state index is 0.145. The summed E-state index contributed by atoms with van der Waals surface area (Å²) in [5.41, 5.74) is 1.48. The van der Waals surface area contributed by atoms with Crippen molar-refractivity contribution in [1.82, 2.24) is 9.88 Å². The molecule has 0 radical (unpaired) electrons. The number of sulfonamides is 1. The van der Waals surface area contributed by atoms with Crippen LogP contribution >= 0.6 is 0 Å². The van der Waals surface area contributed by atoms with Crippen LogP contribution in [-0.4, -0.2) is 42.5 Å². The largest absolute Gasteiger partial charge is 0.361 e. The molecule has 1 aromatic heterocycles. The van der Waals surface area contributed by atoms with Crippen LogP contribution in [0.3, 0.4) is 0 Å². The number of nitrogens with zero attached hydrogens (tertiary/aromatic N) is 1. The van der Waals surface area contributed by atoms with Crippen LogP contribution in [0.4, 0.5) is 0 Å². The first-order valence-corrected chi connectivity index (χ1v) is 8.45. The Morgan fingerprint density at radius 2 is 2.14 bits per heavy atom. The van der Waals surface area contributed by atoms with Crippen molar-refractivity contribution in [1.29, 1.82) is 0 Å². The molecule has 1 unspecified atom stereocenters. The van der Waals surface area contributed by atoms with Gasteiger partial charge in [0.1, 0.15) is 0 Å². The van der Waals surface area contributed by atoms with Crippen LogP contribution in [0, 0.1) is 0 Å². The van der Waals surface area contributed by atoms with Gasteiger partial charge in [-0.05, 0) is 31.0 Å². The summed E-state index contributed by atoms with van der Waals surface area (Å²) in [7, 11) is -3.61. The van der Waals surface area contributed by atoms with Gasteiger partial charge >= 0.3 is 0 Å². The van der Waals surface area contributed by atoms with Gasteiger partial charge in [0.15, 0.2) is 0 Å². The third kappa shape index (κ3) is 2.66. The summed E-state index contributed by atoms with van der Waals surface area (Å²) >= 11 is 0. The number of rotatable bonds is 2. The van der Waals surface area contributed by atoms with Crippen LogP contribution in [0.2, 0.25) is 0 Å². The number of H-pyrrole nitrogens is 1. The van der Waals surface area contributed by atoms with Gasteiger partial charge in [-0.3, -0.25) is 4.79 Å². The summed E-state index contributed by atoms with van der Waals surface area (Å²) in [6, 6.07) is 7.32. The van der Waals surface area contributed by atoms with E-state index in [9.17, 15) is 13.2 Å². The number of primary sulfonamides is 1. The third-order valence-electron chi connectivity index (χ3n) is 3.96. The minimum atomic E-state index is -3.61. The number of aromatic amines is 1. The Kier molecular flexibility index (Phi) is 3.46. The van der Waals surface area contributed by atoms with Crippen LogP contribution in [0.1, 0.15) is 23.2 Å². The maximum Gasteiger partial charge on any atom is 0.254 e. The topological polar surface area (TPSA) is 96.3 Å². The lowest BCUT2D eigenvalue weighted by atomic mass is 10.1. The van der Waals surface area contributed by atoms with Crippen molar-refractivity contribution in [2.24, 2.45) is 5.14 Å². The Morgan fingerprint density at radius 1 is 1.33 bits per heavy atom. The second kappa shape index (κ2) is 5.16. The average molecular weight is 307 g/mol. The first-order valence-electron chi connectivity index (χ1n) is 6.84. The van der Waals surface area contributed by atoms with Crippen molar-refractivity contribution < 1.29 is 13.2 Å². The van der Waals surface area contributed by atoms with Crippen molar-refractivity contribution >= 4 is 26.8 Å². The van der Waals surface area contributed by atoms with Crippen molar-refractivity contribution in [2.75, 3.05) is 13.1 Å². The lowest BCUT2D eigenvalue weighted by Gasteiger charge is -2.31. The Balaban J connectivity index is 1.90. The number of carbonyl (C=O) groups excluding carboxylic acids is 1. The number of hydrogen-bond acceptors (Lipinski definition) is 3. The smallest absolute Gasteiger partial charge is 0.254 e. The van der Waals surface area contributed by atoms with Crippen LogP contribution in [0.25, 0.3) is 10.9 Å². The van der Waals surface area contributed by atoms with Gasteiger partial charge in [0.25, 0.3) is 5.91 Å². The van der Waals surface area contributed by atoms with E-state index in [2.05, 4.69) is 4.98 Å². The van der Waals surface area contributed by atoms with Crippen LogP contribution in [-0.2, 0) is 10.0 Å². The van der Waals surface area contributed by atoms with E-state index in [0.29, 0.717) is 24.9 Å². The van der Waals surface area contributed by atoms with Gasteiger partial charge in [0.05, 0.1) is 5.25 Å². The van der Waals surface area contributed by atoms with Crippen molar-refractivity contribution in [3.05, 3.63) is 36.0 Å². The SMILES string of the molecule is NS(=O)(=O)C1CCCN(C(=O)c2cccc3[nH]ccc23)C1. The molecule has 1 aromatic carbocycles. The Morgan fingerprint density at radius 3 is 2.90 bits per heavy atom. The molecular weight excluding hydrogens is 290 g/mol. The number of hydrogen-bond donors (Lipinski definition) is 2. The molecule has 0 aliphatic carbocycles. The Hall–Kier alpha value is -1.86. The number of nitrogens with two attached hydrogens (primary N) is 1. The second-order valence-electron chi connectivity index (χ2n) is 5.35. The zero-order chi connectivity index (χ0) is 15.0. The molecule has 2 heterocycles. The van der Waals surface area contributed by atoms with Crippen molar-refractivity contribution in [3.8, 4) is 0 Å². The zero-order valence-electron chi connectivity index (χ0n) is 11.5. The van der Waals surface area contributed by atoms with Gasteiger partial charge in [-0.2, -0.15) is 0 Å². The molecule has 1 amide bonds. The molecule has 2 aromatic rings. The van der Waals surface area contributed by atoms with E-state index in [4.69, 9.17) is 5.14 Å². The number of piperidine rings is 1. The van der Waals surface area contributed by atoms with Gasteiger partial charge < -0.3 is 9.88 Å². The average Bonchev–Trinajstić information content (AvgIpc) is 2.94. The molecule has 0 spiro atoms. The minimum Gasteiger partial charge on any atom is -0.361 e. The van der Waals surface area contributed by atoms with E-state index in [1.54, 1.807) is 17.2 Å². The molecule has 0 bridgehead atoms. The van der Waals surface area contributed by atoms with Crippen LogP contribution in [0.15, 0.2) is 30.5 Å². The number of amides is 1. The normalized spacial score (nSPS) is 19.9. The van der Waals surface area contributed by atoms with E-state index >= 15 is 0 Å². The van der Waals surface area contributed by atoms with E-state index in [0.717, 1.165) is 10.9 Å². The summed E-state index contributed by atoms with van der Waals surface area (Å²) in [6.45, 7) is 0.726. The lowest BCUT2D eigenvalue weighted by molar-refractivity contribution is 0.0729. The predicted octanol–water partition coefficient (Wildman–Crippen LogP) is 1.06. The summed E-state index contributed by atoms with van der Waals surface area (Å²) in [5.74, 6) is -0.145. The number of likely N-dealkylation sites (tertiary alicyclic amines) is 1. The number of benzene rings is 1. The maximum absolute atomic E-state index is 12.7. The van der Waals surface area contributed by atoms with Crippen molar-refractivity contribution in [2.45, 2.75) is 18.1 Å². The van der Waals surface area contributed by atoms with E-state index < -0.39 is 15.3 Å². The van der Waals surface area contributed by atoms with E-state index in [1.165, 1.54) is 0 Å². The molecule has 1 atom stereocenters. The number of carbonyl (C=O) groups is 1. The fourth-order valence-corrected chi connectivity index (χ4v) is 3.72. The van der Waals surface area contributed by atoms with E-state index in [-0.39, 0.29) is 12.5 Å². The summed E-state index contributed by atoms with van der Waals surface area (Å²) in [4.78, 5) is 17.3. The first-order chi connectivity index (χ1) is 9.97. The molecule has 1 aliphatic rings. The Bertz CT molecular complexity index is 782. The van der Waals surface area contributed by atoms with Gasteiger partial charge in [0.2, 0.25) is 10.0 Å². The quantitative estimate of drug-likeness (QED) is 0.868. The molecule has 1 fully saturated rings. The number of fused-ring (bicyclic) bond motifs is 1. The van der Waals surface area contributed by atoms with E-state index in [1.807, 2.05) is 18.2 Å². The fraction of sp³-hybridized carbons (Fsp3) is 0.357. The van der Waals surface area contributed by atoms with Gasteiger partial charge in [-0.25, -0.2) is 13.6 Å². The molecule has 0 saturated carbocycles. The van der Waals surface area contributed by atoms with Gasteiger partial charge in [-0.1, -0.05) is 6.07 Å².